The average molecular weight is 411 g/mol. The lowest BCUT2D eigenvalue weighted by Crippen LogP contribution is -2.22. The molecule has 0 spiro atoms. The van der Waals surface area contributed by atoms with Crippen molar-refractivity contribution in [3.63, 3.8) is 0 Å². The third-order valence-corrected chi connectivity index (χ3v) is 4.14. The summed E-state index contributed by atoms with van der Waals surface area (Å²) in [6, 6.07) is 15.1. The number of nitrogens with one attached hydrogen (secondary N) is 2. The number of hydrogen-bond donors (Lipinski definition) is 2. The van der Waals surface area contributed by atoms with Crippen molar-refractivity contribution in [2.45, 2.75) is 0 Å². The second-order valence-electron chi connectivity index (χ2n) is 6.21. The van der Waals surface area contributed by atoms with Gasteiger partial charge in [-0.05, 0) is 24.3 Å². The molecule has 0 saturated carbocycles. The topological polar surface area (TPSA) is 101 Å². The summed E-state index contributed by atoms with van der Waals surface area (Å²) in [6.45, 7) is -0.369. The molecule has 3 rings (SSSR count). The highest BCUT2D eigenvalue weighted by Crippen LogP contribution is 2.26. The summed E-state index contributed by atoms with van der Waals surface area (Å²) in [4.78, 5) is 35.2. The van der Waals surface area contributed by atoms with E-state index in [1.165, 1.54) is 18.2 Å². The number of nitrogens with zero attached hydrogens (tertiary/aromatic N) is 1. The van der Waals surface area contributed by atoms with Gasteiger partial charge in [-0.15, -0.1) is 0 Å². The zero-order valence-corrected chi connectivity index (χ0v) is 15.4. The lowest BCUT2D eigenvalue weighted by molar-refractivity contribution is -0.384. The Morgan fingerprint density at radius 3 is 2.30 bits per heavy atom. The van der Waals surface area contributed by atoms with E-state index in [0.717, 1.165) is 18.2 Å². The minimum atomic E-state index is -1.12. The van der Waals surface area contributed by atoms with E-state index in [2.05, 4.69) is 10.6 Å². The van der Waals surface area contributed by atoms with Gasteiger partial charge in [-0.3, -0.25) is 19.7 Å². The van der Waals surface area contributed by atoms with Gasteiger partial charge in [0.1, 0.15) is 5.69 Å². The average Bonchev–Trinajstić information content (AvgIpc) is 2.75. The summed E-state index contributed by atoms with van der Waals surface area (Å²) >= 11 is 0. The minimum Gasteiger partial charge on any atom is -0.371 e. The Morgan fingerprint density at radius 1 is 0.900 bits per heavy atom. The first kappa shape index (κ1) is 20.6. The van der Waals surface area contributed by atoms with Gasteiger partial charge in [-0.1, -0.05) is 30.3 Å². The molecule has 3 aromatic carbocycles. The van der Waals surface area contributed by atoms with Crippen molar-refractivity contribution in [2.24, 2.45) is 0 Å². The monoisotopic (exact) mass is 411 g/mol. The van der Waals surface area contributed by atoms with Gasteiger partial charge in [0, 0.05) is 28.9 Å². The van der Waals surface area contributed by atoms with Crippen LogP contribution < -0.4 is 10.6 Å². The van der Waals surface area contributed by atoms with E-state index in [9.17, 15) is 28.5 Å². The molecule has 30 heavy (non-hydrogen) atoms. The van der Waals surface area contributed by atoms with Gasteiger partial charge in [-0.2, -0.15) is 0 Å². The van der Waals surface area contributed by atoms with E-state index in [1.54, 1.807) is 30.3 Å². The number of carbonyl (C=O) groups is 2. The lowest BCUT2D eigenvalue weighted by atomic mass is 10.0. The molecule has 0 fully saturated rings. The second kappa shape index (κ2) is 8.91. The summed E-state index contributed by atoms with van der Waals surface area (Å²) in [5.74, 6) is -3.16. The molecule has 0 saturated heterocycles. The van der Waals surface area contributed by atoms with E-state index in [1.807, 2.05) is 0 Å². The Balaban J connectivity index is 1.72. The maximum Gasteiger partial charge on any atom is 0.293 e. The number of nitro groups is 1. The number of benzene rings is 3. The van der Waals surface area contributed by atoms with Crippen molar-refractivity contribution < 1.29 is 23.3 Å². The van der Waals surface area contributed by atoms with Crippen molar-refractivity contribution in [3.8, 4) is 0 Å². The molecule has 0 aromatic heterocycles. The van der Waals surface area contributed by atoms with Gasteiger partial charge in [-0.25, -0.2) is 8.78 Å². The van der Waals surface area contributed by atoms with Crippen LogP contribution >= 0.6 is 0 Å². The molecular weight excluding hydrogens is 396 g/mol. The fourth-order valence-corrected chi connectivity index (χ4v) is 2.68. The van der Waals surface area contributed by atoms with Gasteiger partial charge >= 0.3 is 0 Å². The first-order chi connectivity index (χ1) is 14.3. The van der Waals surface area contributed by atoms with Crippen molar-refractivity contribution in [1.82, 2.24) is 0 Å². The van der Waals surface area contributed by atoms with Crippen LogP contribution in [0.1, 0.15) is 15.9 Å². The number of ketones is 1. The van der Waals surface area contributed by atoms with Crippen molar-refractivity contribution >= 4 is 28.8 Å². The predicted molar refractivity (Wildman–Crippen MR) is 106 cm³/mol. The molecule has 1 amide bonds. The van der Waals surface area contributed by atoms with Crippen molar-refractivity contribution in [2.75, 3.05) is 17.2 Å². The molecule has 152 valence electrons. The highest BCUT2D eigenvalue weighted by atomic mass is 19.2. The van der Waals surface area contributed by atoms with Crippen molar-refractivity contribution in [1.29, 1.82) is 0 Å². The molecule has 0 bridgehead atoms. The van der Waals surface area contributed by atoms with Gasteiger partial charge in [0.2, 0.25) is 5.91 Å². The van der Waals surface area contributed by atoms with Crippen LogP contribution in [0.2, 0.25) is 0 Å². The number of anilines is 2. The van der Waals surface area contributed by atoms with E-state index in [4.69, 9.17) is 0 Å². The van der Waals surface area contributed by atoms with Crippen LogP contribution in [0, 0.1) is 21.7 Å². The molecule has 3 aromatic rings. The predicted octanol–water partition coefficient (Wildman–Crippen LogP) is 4.15. The minimum absolute atomic E-state index is 0.0325. The van der Waals surface area contributed by atoms with Crippen LogP contribution in [0.4, 0.5) is 25.8 Å². The number of amides is 1. The van der Waals surface area contributed by atoms with Gasteiger partial charge in [0.15, 0.2) is 17.4 Å². The zero-order valence-electron chi connectivity index (χ0n) is 15.4. The van der Waals surface area contributed by atoms with Crippen LogP contribution in [-0.2, 0) is 4.79 Å². The summed E-state index contributed by atoms with van der Waals surface area (Å²) in [5, 5.41) is 16.4. The molecule has 0 heterocycles. The molecular formula is C21H15F2N3O4. The van der Waals surface area contributed by atoms with Crippen LogP contribution in [0.25, 0.3) is 0 Å². The fourth-order valence-electron chi connectivity index (χ4n) is 2.68. The smallest absolute Gasteiger partial charge is 0.293 e. The standard InChI is InChI=1S/C21H15F2N3O4/c22-16-8-7-15(11-17(16)23)25-20(27)12-24-18-9-6-14(10-19(18)26(29)30)21(28)13-4-2-1-3-5-13/h1-11,24H,12H2,(H,25,27). The second-order valence-corrected chi connectivity index (χ2v) is 6.21. The summed E-state index contributed by atoms with van der Waals surface area (Å²) < 4.78 is 26.1. The van der Waals surface area contributed by atoms with Crippen molar-refractivity contribution in [3.05, 3.63) is 99.6 Å². The van der Waals surface area contributed by atoms with Crippen LogP contribution in [0.15, 0.2) is 66.7 Å². The largest absolute Gasteiger partial charge is 0.371 e. The molecule has 0 aliphatic heterocycles. The quantitative estimate of drug-likeness (QED) is 0.345. The molecule has 0 radical (unpaired) electrons. The lowest BCUT2D eigenvalue weighted by Gasteiger charge is -2.10. The van der Waals surface area contributed by atoms with E-state index < -0.39 is 22.5 Å². The van der Waals surface area contributed by atoms with Gasteiger partial charge < -0.3 is 10.6 Å². The molecule has 2 N–H and O–H groups in total. The molecule has 0 unspecified atom stereocenters. The Kier molecular flexibility index (Phi) is 6.11. The highest BCUT2D eigenvalue weighted by Gasteiger charge is 2.19. The SMILES string of the molecule is O=C(CNc1ccc(C(=O)c2ccccc2)cc1[N+](=O)[O-])Nc1ccc(F)c(F)c1. The van der Waals surface area contributed by atoms with E-state index >= 15 is 0 Å². The number of rotatable bonds is 7. The summed E-state index contributed by atoms with van der Waals surface area (Å²) in [6.07, 6.45) is 0. The molecule has 0 aliphatic rings. The Bertz CT molecular complexity index is 1120. The van der Waals surface area contributed by atoms with Crippen LogP contribution in [-0.4, -0.2) is 23.2 Å². The maximum absolute atomic E-state index is 13.2. The first-order valence-electron chi connectivity index (χ1n) is 8.72. The molecule has 0 atom stereocenters. The molecule has 9 heteroatoms. The summed E-state index contributed by atoms with van der Waals surface area (Å²) in [7, 11) is 0. The number of carbonyl (C=O) groups excluding carboxylic acids is 2. The number of hydrogen-bond acceptors (Lipinski definition) is 5. The zero-order chi connectivity index (χ0) is 21.7. The Hall–Kier alpha value is -4.14. The van der Waals surface area contributed by atoms with E-state index in [0.29, 0.717) is 5.56 Å². The van der Waals surface area contributed by atoms with Gasteiger partial charge in [0.05, 0.1) is 11.5 Å². The Morgan fingerprint density at radius 2 is 1.63 bits per heavy atom. The summed E-state index contributed by atoms with van der Waals surface area (Å²) in [5.41, 5.74) is 0.213. The van der Waals surface area contributed by atoms with Crippen LogP contribution in [0.5, 0.6) is 0 Å². The van der Waals surface area contributed by atoms with Gasteiger partial charge in [0.25, 0.3) is 5.69 Å². The highest BCUT2D eigenvalue weighted by molar-refractivity contribution is 6.09. The third-order valence-electron chi connectivity index (χ3n) is 4.14. The first-order valence-corrected chi connectivity index (χ1v) is 8.72. The van der Waals surface area contributed by atoms with Crippen LogP contribution in [0.3, 0.4) is 0 Å². The molecule has 0 aliphatic carbocycles. The normalized spacial score (nSPS) is 10.3. The fraction of sp³-hybridized carbons (Fsp3) is 0.0476. The molecule has 7 nitrogen and oxygen atoms in total. The third kappa shape index (κ3) is 4.82. The number of halogens is 2. The number of nitro benzene ring substituents is 1. The Labute approximate surface area is 169 Å². The van der Waals surface area contributed by atoms with E-state index in [-0.39, 0.29) is 35.0 Å². The maximum atomic E-state index is 13.2.